The third kappa shape index (κ3) is 12.0. The van der Waals surface area contributed by atoms with Gasteiger partial charge in [-0.05, 0) is 54.9 Å². The van der Waals surface area contributed by atoms with Gasteiger partial charge >= 0.3 is 5.97 Å². The number of nitrogens with two attached hydrogens (primary N) is 1. The largest absolute Gasteiger partial charge is 0.508 e. The monoisotopic (exact) mass is 652 g/mol. The summed E-state index contributed by atoms with van der Waals surface area (Å²) in [6.07, 6.45) is -0.331. The van der Waals surface area contributed by atoms with E-state index in [0.717, 1.165) is 5.56 Å². The van der Waals surface area contributed by atoms with Crippen molar-refractivity contribution in [1.29, 1.82) is 0 Å². The van der Waals surface area contributed by atoms with Crippen molar-refractivity contribution in [3.8, 4) is 5.75 Å². The quantitative estimate of drug-likeness (QED) is 0.161. The van der Waals surface area contributed by atoms with Gasteiger partial charge in [-0.1, -0.05) is 56.3 Å². The van der Waals surface area contributed by atoms with Gasteiger partial charge in [-0.25, -0.2) is 0 Å². The number of carbonyl (C=O) groups is 6. The summed E-state index contributed by atoms with van der Waals surface area (Å²) < 4.78 is 0. The second-order valence-corrected chi connectivity index (χ2v) is 12.1. The standard InChI is InChI=1S/C33H44N6O8/c1-19(2)16-26-32(46)37-24(12-13-28(41)42)30(44)35-15-14-25(36-29(43)23(34)17-21-8-10-22(40)11-9-21)31(45)39-27(33(47)38-26)18-20-6-4-3-5-7-20/h3-11,19,23-27,40H,12-18,34H2,1-2H3,(H,35,44)(H,36,43)(H,37,46)(H,38,47)(H,39,45)(H,41,42). The third-order valence-corrected chi connectivity index (χ3v) is 7.63. The second kappa shape index (κ2) is 17.6. The van der Waals surface area contributed by atoms with Gasteiger partial charge in [-0.15, -0.1) is 0 Å². The Balaban J connectivity index is 1.91. The van der Waals surface area contributed by atoms with Gasteiger partial charge in [-0.2, -0.15) is 0 Å². The predicted octanol–water partition coefficient (Wildman–Crippen LogP) is -0.125. The number of carboxylic acids is 1. The van der Waals surface area contributed by atoms with Crippen LogP contribution in [0.3, 0.4) is 0 Å². The highest BCUT2D eigenvalue weighted by Crippen LogP contribution is 2.12. The third-order valence-electron chi connectivity index (χ3n) is 7.63. The Bertz CT molecular complexity index is 1400. The molecule has 14 heteroatoms. The van der Waals surface area contributed by atoms with Crippen LogP contribution in [-0.4, -0.2) is 82.5 Å². The van der Waals surface area contributed by atoms with Gasteiger partial charge in [0.2, 0.25) is 29.5 Å². The van der Waals surface area contributed by atoms with Crippen LogP contribution in [0.25, 0.3) is 0 Å². The molecule has 1 aliphatic rings. The van der Waals surface area contributed by atoms with E-state index in [1.165, 1.54) is 12.1 Å². The maximum atomic E-state index is 13.7. The first-order valence-electron chi connectivity index (χ1n) is 15.6. The molecular weight excluding hydrogens is 608 g/mol. The molecular formula is C33H44N6O8. The van der Waals surface area contributed by atoms with Crippen molar-refractivity contribution in [3.05, 3.63) is 65.7 Å². The van der Waals surface area contributed by atoms with Gasteiger partial charge in [-0.3, -0.25) is 28.8 Å². The molecule has 0 aliphatic carbocycles. The van der Waals surface area contributed by atoms with Crippen molar-refractivity contribution in [2.45, 2.75) is 82.6 Å². The first kappa shape index (κ1) is 36.5. The minimum absolute atomic E-state index is 0.0521. The summed E-state index contributed by atoms with van der Waals surface area (Å²) in [4.78, 5) is 78.3. The number of benzene rings is 2. The smallest absolute Gasteiger partial charge is 0.303 e. The van der Waals surface area contributed by atoms with E-state index >= 15 is 0 Å². The van der Waals surface area contributed by atoms with E-state index in [1.54, 1.807) is 42.5 Å². The fourth-order valence-corrected chi connectivity index (χ4v) is 5.10. The molecule has 5 atom stereocenters. The Morgan fingerprint density at radius 1 is 0.851 bits per heavy atom. The van der Waals surface area contributed by atoms with E-state index in [1.807, 2.05) is 13.8 Å². The Kier molecular flexibility index (Phi) is 13.7. The van der Waals surface area contributed by atoms with Gasteiger partial charge in [0.05, 0.1) is 6.04 Å². The lowest BCUT2D eigenvalue weighted by Crippen LogP contribution is -2.60. The number of phenols is 1. The van der Waals surface area contributed by atoms with Crippen LogP contribution in [0.5, 0.6) is 5.75 Å². The van der Waals surface area contributed by atoms with Crippen molar-refractivity contribution in [3.63, 3.8) is 0 Å². The molecule has 0 saturated carbocycles. The highest BCUT2D eigenvalue weighted by Gasteiger charge is 2.33. The number of amides is 5. The highest BCUT2D eigenvalue weighted by molar-refractivity contribution is 5.96. The van der Waals surface area contributed by atoms with Crippen LogP contribution < -0.4 is 32.3 Å². The van der Waals surface area contributed by atoms with Crippen LogP contribution in [-0.2, 0) is 41.6 Å². The van der Waals surface area contributed by atoms with E-state index in [2.05, 4.69) is 26.6 Å². The summed E-state index contributed by atoms with van der Waals surface area (Å²) in [5, 5.41) is 32.0. The predicted molar refractivity (Wildman–Crippen MR) is 172 cm³/mol. The van der Waals surface area contributed by atoms with Gasteiger partial charge < -0.3 is 42.5 Å². The molecule has 0 radical (unpaired) electrons. The molecule has 1 aliphatic heterocycles. The van der Waals surface area contributed by atoms with Crippen LogP contribution in [0.4, 0.5) is 0 Å². The van der Waals surface area contributed by atoms with Crippen molar-refractivity contribution in [1.82, 2.24) is 26.6 Å². The zero-order valence-corrected chi connectivity index (χ0v) is 26.5. The molecule has 5 amide bonds. The zero-order valence-electron chi connectivity index (χ0n) is 26.5. The van der Waals surface area contributed by atoms with Crippen LogP contribution in [0.1, 0.15) is 50.7 Å². The number of hydrogen-bond acceptors (Lipinski definition) is 8. The number of aromatic hydroxyl groups is 1. The molecule has 254 valence electrons. The Morgan fingerprint density at radius 3 is 2.11 bits per heavy atom. The normalized spacial score (nSPS) is 21.8. The number of phenolic OH excluding ortho intramolecular Hbond substituents is 1. The van der Waals surface area contributed by atoms with Crippen LogP contribution in [0.2, 0.25) is 0 Å². The van der Waals surface area contributed by atoms with E-state index < -0.39 is 72.1 Å². The first-order valence-corrected chi connectivity index (χ1v) is 15.6. The van der Waals surface area contributed by atoms with E-state index in [4.69, 9.17) is 5.73 Å². The summed E-state index contributed by atoms with van der Waals surface area (Å²) in [7, 11) is 0. The van der Waals surface area contributed by atoms with Crippen molar-refractivity contribution in [2.24, 2.45) is 11.7 Å². The van der Waals surface area contributed by atoms with E-state index in [9.17, 15) is 39.0 Å². The molecule has 2 aromatic rings. The molecule has 0 aromatic heterocycles. The maximum Gasteiger partial charge on any atom is 0.303 e. The number of carbonyl (C=O) groups excluding carboxylic acids is 5. The minimum Gasteiger partial charge on any atom is -0.508 e. The molecule has 47 heavy (non-hydrogen) atoms. The fraction of sp³-hybridized carbons (Fsp3) is 0.455. The highest BCUT2D eigenvalue weighted by atomic mass is 16.4. The average Bonchev–Trinajstić information content (AvgIpc) is 3.02. The lowest BCUT2D eigenvalue weighted by molar-refractivity contribution is -0.138. The van der Waals surface area contributed by atoms with E-state index in [-0.39, 0.29) is 50.3 Å². The number of hydrogen-bond donors (Lipinski definition) is 8. The number of rotatable bonds is 11. The summed E-state index contributed by atoms with van der Waals surface area (Å²) in [6.45, 7) is 3.57. The van der Waals surface area contributed by atoms with Crippen LogP contribution in [0, 0.1) is 5.92 Å². The lowest BCUT2D eigenvalue weighted by atomic mass is 9.99. The summed E-state index contributed by atoms with van der Waals surface area (Å²) >= 11 is 0. The number of carboxylic acid groups (broad SMARTS) is 1. The second-order valence-electron chi connectivity index (χ2n) is 12.1. The molecule has 9 N–H and O–H groups in total. The Hall–Kier alpha value is -4.98. The zero-order chi connectivity index (χ0) is 34.5. The molecule has 5 unspecified atom stereocenters. The first-order chi connectivity index (χ1) is 22.3. The Labute approximate surface area is 273 Å². The number of aliphatic carboxylic acids is 1. The lowest BCUT2D eigenvalue weighted by Gasteiger charge is -2.28. The van der Waals surface area contributed by atoms with Gasteiger partial charge in [0.25, 0.3) is 0 Å². The SMILES string of the molecule is CC(C)CC1NC(=O)C(Cc2ccccc2)NC(=O)C(NC(=O)C(N)Cc2ccc(O)cc2)CCNC(=O)C(CCC(=O)O)NC1=O. The van der Waals surface area contributed by atoms with Gasteiger partial charge in [0, 0.05) is 19.4 Å². The summed E-state index contributed by atoms with van der Waals surface area (Å²) in [5.74, 6) is -4.51. The van der Waals surface area contributed by atoms with Crippen LogP contribution in [0.15, 0.2) is 54.6 Å². The van der Waals surface area contributed by atoms with Crippen molar-refractivity contribution < 1.29 is 39.0 Å². The minimum atomic E-state index is -1.23. The molecule has 14 nitrogen and oxygen atoms in total. The molecule has 3 rings (SSSR count). The van der Waals surface area contributed by atoms with Gasteiger partial charge in [0.1, 0.15) is 29.9 Å². The van der Waals surface area contributed by atoms with Crippen molar-refractivity contribution >= 4 is 35.5 Å². The number of nitrogens with one attached hydrogen (secondary N) is 5. The molecule has 1 heterocycles. The maximum absolute atomic E-state index is 13.7. The fourth-order valence-electron chi connectivity index (χ4n) is 5.10. The average molecular weight is 653 g/mol. The Morgan fingerprint density at radius 2 is 1.47 bits per heavy atom. The molecule has 2 aromatic carbocycles. The molecule has 0 spiro atoms. The topological polar surface area (TPSA) is 229 Å². The summed E-state index contributed by atoms with van der Waals surface area (Å²) in [5.41, 5.74) is 7.56. The van der Waals surface area contributed by atoms with E-state index in [0.29, 0.717) is 5.56 Å². The van der Waals surface area contributed by atoms with Gasteiger partial charge in [0.15, 0.2) is 0 Å². The molecule has 1 fully saturated rings. The summed E-state index contributed by atoms with van der Waals surface area (Å²) in [6, 6.07) is 9.36. The van der Waals surface area contributed by atoms with Crippen LogP contribution >= 0.6 is 0 Å². The van der Waals surface area contributed by atoms with Crippen molar-refractivity contribution in [2.75, 3.05) is 6.54 Å². The molecule has 1 saturated heterocycles. The molecule has 0 bridgehead atoms.